The third-order valence-corrected chi connectivity index (χ3v) is 1.39. The van der Waals surface area contributed by atoms with E-state index in [4.69, 9.17) is 16.7 Å². The second kappa shape index (κ2) is 6.19. The molecule has 0 saturated carbocycles. The van der Waals surface area contributed by atoms with Gasteiger partial charge in [-0.2, -0.15) is 0 Å². The van der Waals surface area contributed by atoms with Crippen LogP contribution >= 0.6 is 11.6 Å². The molecule has 4 heteroatoms. The summed E-state index contributed by atoms with van der Waals surface area (Å²) in [4.78, 5) is 12.0. The van der Waals surface area contributed by atoms with Gasteiger partial charge in [-0.3, -0.25) is 4.79 Å². The molecule has 11 heavy (non-hydrogen) atoms. The van der Waals surface area contributed by atoms with Crippen LogP contribution in [0.3, 0.4) is 0 Å². The lowest BCUT2D eigenvalue weighted by molar-refractivity contribution is -0.137. The Morgan fingerprint density at radius 1 is 1.73 bits per heavy atom. The number of hydrogen-bond acceptors (Lipinski definition) is 2. The van der Waals surface area contributed by atoms with E-state index in [1.807, 2.05) is 11.9 Å². The zero-order valence-electron chi connectivity index (χ0n) is 6.46. The van der Waals surface area contributed by atoms with Gasteiger partial charge in [-0.05, 0) is 7.05 Å². The number of carboxylic acid groups (broad SMARTS) is 1. The van der Waals surface area contributed by atoms with E-state index in [1.54, 1.807) is 6.08 Å². The molecule has 0 aromatic heterocycles. The minimum absolute atomic E-state index is 0.173. The molecule has 0 aliphatic rings. The van der Waals surface area contributed by atoms with Crippen molar-refractivity contribution in [3.8, 4) is 0 Å². The maximum absolute atomic E-state index is 10.1. The molecule has 0 unspecified atom stereocenters. The maximum atomic E-state index is 10.1. The molecule has 0 aliphatic heterocycles. The molecule has 0 fully saturated rings. The molecular formula is C7H12ClNO2. The molecule has 0 aromatic rings. The summed E-state index contributed by atoms with van der Waals surface area (Å²) in [6, 6.07) is 0. The lowest BCUT2D eigenvalue weighted by Crippen LogP contribution is -2.21. The van der Waals surface area contributed by atoms with E-state index in [-0.39, 0.29) is 6.42 Å². The van der Waals surface area contributed by atoms with Crippen LogP contribution in [0.15, 0.2) is 11.6 Å². The van der Waals surface area contributed by atoms with Crippen LogP contribution in [0.25, 0.3) is 0 Å². The lowest BCUT2D eigenvalue weighted by Gasteiger charge is -2.11. The van der Waals surface area contributed by atoms with Crippen LogP contribution in [0.1, 0.15) is 6.42 Å². The number of aliphatic carboxylic acids is 1. The average molecular weight is 178 g/mol. The van der Waals surface area contributed by atoms with Crippen LogP contribution in [0, 0.1) is 0 Å². The molecule has 0 saturated heterocycles. The molecule has 1 N–H and O–H groups in total. The van der Waals surface area contributed by atoms with E-state index in [9.17, 15) is 4.79 Å². The summed E-state index contributed by atoms with van der Waals surface area (Å²) in [5, 5.41) is 8.32. The Hall–Kier alpha value is -0.540. The van der Waals surface area contributed by atoms with Gasteiger partial charge < -0.3 is 10.0 Å². The quantitative estimate of drug-likeness (QED) is 0.685. The summed E-state index contributed by atoms with van der Waals surface area (Å²) in [6.45, 7) is 1.24. The Kier molecular flexibility index (Phi) is 5.88. The Balaban J connectivity index is 3.36. The van der Waals surface area contributed by atoms with Crippen molar-refractivity contribution in [1.82, 2.24) is 4.90 Å². The van der Waals surface area contributed by atoms with Gasteiger partial charge in [0.25, 0.3) is 0 Å². The van der Waals surface area contributed by atoms with Crippen molar-refractivity contribution >= 4 is 17.6 Å². The zero-order valence-corrected chi connectivity index (χ0v) is 7.21. The first-order valence-electron chi connectivity index (χ1n) is 3.32. The van der Waals surface area contributed by atoms with Crippen molar-refractivity contribution in [1.29, 1.82) is 0 Å². The monoisotopic (exact) mass is 177 g/mol. The van der Waals surface area contributed by atoms with Gasteiger partial charge in [-0.15, -0.1) is 0 Å². The van der Waals surface area contributed by atoms with Crippen LogP contribution in [0.4, 0.5) is 0 Å². The molecule has 3 nitrogen and oxygen atoms in total. The van der Waals surface area contributed by atoms with Gasteiger partial charge in [0, 0.05) is 18.6 Å². The van der Waals surface area contributed by atoms with E-state index < -0.39 is 5.97 Å². The molecule has 0 spiro atoms. The molecule has 0 aromatic carbocycles. The smallest absolute Gasteiger partial charge is 0.304 e. The molecule has 0 bridgehead atoms. The zero-order chi connectivity index (χ0) is 8.69. The van der Waals surface area contributed by atoms with Crippen molar-refractivity contribution in [3.63, 3.8) is 0 Å². The normalized spacial score (nSPS) is 11.2. The fourth-order valence-corrected chi connectivity index (χ4v) is 0.677. The summed E-state index contributed by atoms with van der Waals surface area (Å²) in [6.07, 6.45) is 1.94. The molecule has 0 amide bonds. The second-order valence-corrected chi connectivity index (χ2v) is 2.52. The van der Waals surface area contributed by atoms with Crippen LogP contribution < -0.4 is 0 Å². The number of carboxylic acids is 1. The van der Waals surface area contributed by atoms with Crippen LogP contribution in [-0.4, -0.2) is 36.1 Å². The Bertz CT molecular complexity index is 147. The average Bonchev–Trinajstić information content (AvgIpc) is 1.97. The highest BCUT2D eigenvalue weighted by Gasteiger charge is 1.99. The number of hydrogen-bond donors (Lipinski definition) is 1. The first-order valence-corrected chi connectivity index (χ1v) is 3.76. The van der Waals surface area contributed by atoms with E-state index in [0.717, 1.165) is 0 Å². The Morgan fingerprint density at radius 2 is 2.36 bits per heavy atom. The molecule has 0 rings (SSSR count). The first kappa shape index (κ1) is 10.5. The van der Waals surface area contributed by atoms with Gasteiger partial charge in [0.15, 0.2) is 0 Å². The van der Waals surface area contributed by atoms with Gasteiger partial charge in [0.05, 0.1) is 6.42 Å². The van der Waals surface area contributed by atoms with Gasteiger partial charge in [0.2, 0.25) is 0 Å². The van der Waals surface area contributed by atoms with Gasteiger partial charge in [0.1, 0.15) is 0 Å². The number of halogens is 1. The Morgan fingerprint density at radius 3 is 2.82 bits per heavy atom. The van der Waals surface area contributed by atoms with Crippen molar-refractivity contribution in [2.45, 2.75) is 6.42 Å². The highest BCUT2D eigenvalue weighted by atomic mass is 35.5. The second-order valence-electron chi connectivity index (χ2n) is 2.27. The molecular weight excluding hydrogens is 166 g/mol. The number of rotatable bonds is 5. The third kappa shape index (κ3) is 7.36. The first-order chi connectivity index (χ1) is 5.16. The molecule has 0 heterocycles. The number of carbonyl (C=O) groups is 1. The topological polar surface area (TPSA) is 40.5 Å². The highest BCUT2D eigenvalue weighted by molar-refractivity contribution is 6.25. The molecule has 0 atom stereocenters. The summed E-state index contributed by atoms with van der Waals surface area (Å²) in [7, 11) is 1.85. The third-order valence-electron chi connectivity index (χ3n) is 1.21. The SMILES string of the molecule is CN(CC=CCl)CCC(=O)O. The standard InChI is InChI=1S/C7H12ClNO2/c1-9(5-2-4-8)6-3-7(10)11/h2,4H,3,5-6H2,1H3,(H,10,11). The predicted octanol–water partition coefficient (Wildman–Crippen LogP) is 1.15. The minimum atomic E-state index is -0.772. The molecule has 0 radical (unpaired) electrons. The summed E-state index contributed by atoms with van der Waals surface area (Å²) in [5.74, 6) is -0.772. The van der Waals surface area contributed by atoms with Gasteiger partial charge in [-0.1, -0.05) is 17.7 Å². The van der Waals surface area contributed by atoms with Gasteiger partial charge >= 0.3 is 5.97 Å². The molecule has 0 aliphatic carbocycles. The largest absolute Gasteiger partial charge is 0.481 e. The van der Waals surface area contributed by atoms with Crippen LogP contribution in [0.5, 0.6) is 0 Å². The number of nitrogens with zero attached hydrogens (tertiary/aromatic N) is 1. The van der Waals surface area contributed by atoms with Crippen molar-refractivity contribution in [2.75, 3.05) is 20.1 Å². The minimum Gasteiger partial charge on any atom is -0.481 e. The van der Waals surface area contributed by atoms with E-state index in [1.165, 1.54) is 5.54 Å². The predicted molar refractivity (Wildman–Crippen MR) is 44.7 cm³/mol. The van der Waals surface area contributed by atoms with Gasteiger partial charge in [-0.25, -0.2) is 0 Å². The fourth-order valence-electron chi connectivity index (χ4n) is 0.598. The van der Waals surface area contributed by atoms with Crippen molar-refractivity contribution < 1.29 is 9.90 Å². The van der Waals surface area contributed by atoms with E-state index >= 15 is 0 Å². The van der Waals surface area contributed by atoms with E-state index in [2.05, 4.69) is 0 Å². The fraction of sp³-hybridized carbons (Fsp3) is 0.571. The van der Waals surface area contributed by atoms with Crippen molar-refractivity contribution in [3.05, 3.63) is 11.6 Å². The number of likely N-dealkylation sites (N-methyl/N-ethyl adjacent to an activating group) is 1. The van der Waals surface area contributed by atoms with Crippen molar-refractivity contribution in [2.24, 2.45) is 0 Å². The summed E-state index contributed by atoms with van der Waals surface area (Å²) in [5.41, 5.74) is 1.43. The van der Waals surface area contributed by atoms with E-state index in [0.29, 0.717) is 13.1 Å². The lowest BCUT2D eigenvalue weighted by atomic mass is 10.4. The molecule has 64 valence electrons. The summed E-state index contributed by atoms with van der Waals surface area (Å²) >= 11 is 5.28. The summed E-state index contributed by atoms with van der Waals surface area (Å²) < 4.78 is 0. The van der Waals surface area contributed by atoms with Crippen LogP contribution in [-0.2, 0) is 4.79 Å². The maximum Gasteiger partial charge on any atom is 0.304 e. The Labute approximate surface area is 71.3 Å². The van der Waals surface area contributed by atoms with Crippen LogP contribution in [0.2, 0.25) is 0 Å². The highest BCUT2D eigenvalue weighted by Crippen LogP contribution is 1.88.